The van der Waals surface area contributed by atoms with E-state index in [0.29, 0.717) is 5.57 Å². The van der Waals surface area contributed by atoms with Crippen molar-refractivity contribution in [1.82, 2.24) is 4.90 Å². The van der Waals surface area contributed by atoms with Crippen LogP contribution in [0.15, 0.2) is 95.1 Å². The smallest absolute Gasteiger partial charge is 0.331 e. The fourth-order valence-electron chi connectivity index (χ4n) is 4.43. The van der Waals surface area contributed by atoms with Crippen molar-refractivity contribution in [2.24, 2.45) is 0 Å². The summed E-state index contributed by atoms with van der Waals surface area (Å²) < 4.78 is 10.6. The number of β-lactam (4-membered cyclic amide) rings is 1. The quantitative estimate of drug-likeness (QED) is 0.222. The Morgan fingerprint density at radius 2 is 1.62 bits per heavy atom. The monoisotopic (exact) mass is 473 g/mol. The molecule has 0 spiro atoms. The van der Waals surface area contributed by atoms with Crippen LogP contribution < -0.4 is 0 Å². The van der Waals surface area contributed by atoms with Crippen molar-refractivity contribution in [3.05, 3.63) is 108 Å². The van der Waals surface area contributed by atoms with Crippen molar-refractivity contribution in [1.29, 1.82) is 0 Å². The van der Waals surface area contributed by atoms with Gasteiger partial charge in [-0.15, -0.1) is 11.8 Å². The second-order valence-electron chi connectivity index (χ2n) is 8.77. The summed E-state index contributed by atoms with van der Waals surface area (Å²) in [5.74, 6) is -1.00. The van der Waals surface area contributed by atoms with Crippen molar-refractivity contribution in [2.75, 3.05) is 0 Å². The normalized spacial score (nSPS) is 21.9. The van der Waals surface area contributed by atoms with E-state index in [-0.39, 0.29) is 22.8 Å². The van der Waals surface area contributed by atoms with E-state index >= 15 is 0 Å². The number of allylic oxidation sites excluding steroid dienone is 1. The fraction of sp³-hybridized carbons (Fsp3) is 0.222. The number of carbonyl (C=O) groups excluding carboxylic acids is 3. The van der Waals surface area contributed by atoms with Crippen molar-refractivity contribution in [3.8, 4) is 0 Å². The Morgan fingerprint density at radius 3 is 2.18 bits per heavy atom. The summed E-state index contributed by atoms with van der Waals surface area (Å²) >= 11 is 1.48. The standard InChI is InChI=1S/C27H23NO5S/c1-27(2)23(28-24(30)19(25(28)34-27)16-20(29)21-14-9-15-32-21)26(31)33-22(17-10-5-3-6-11-17)18-12-7-4-8-13-18/h3-16,22-23,25H,1-2H3/b19-16-/t23-,25+/m0/s1. The molecule has 6 nitrogen and oxygen atoms in total. The fourth-order valence-corrected chi connectivity index (χ4v) is 5.97. The van der Waals surface area contributed by atoms with Crippen molar-refractivity contribution < 1.29 is 23.5 Å². The Kier molecular flexibility index (Phi) is 5.65. The van der Waals surface area contributed by atoms with Gasteiger partial charge in [-0.25, -0.2) is 4.79 Å². The first kappa shape index (κ1) is 22.2. The third kappa shape index (κ3) is 3.86. The lowest BCUT2D eigenvalue weighted by molar-refractivity contribution is -0.160. The van der Waals surface area contributed by atoms with Crippen LogP contribution in [0.3, 0.4) is 0 Å². The number of thioether (sulfide) groups is 1. The molecule has 34 heavy (non-hydrogen) atoms. The van der Waals surface area contributed by atoms with Gasteiger partial charge in [0.1, 0.15) is 11.4 Å². The second-order valence-corrected chi connectivity index (χ2v) is 10.5. The van der Waals surface area contributed by atoms with Gasteiger partial charge in [0.2, 0.25) is 5.78 Å². The van der Waals surface area contributed by atoms with Crippen LogP contribution in [0, 0.1) is 0 Å². The van der Waals surface area contributed by atoms with Gasteiger partial charge in [-0.1, -0.05) is 60.7 Å². The Balaban J connectivity index is 1.40. The minimum atomic E-state index is -0.777. The van der Waals surface area contributed by atoms with Crippen LogP contribution in [0.4, 0.5) is 0 Å². The van der Waals surface area contributed by atoms with Gasteiger partial charge in [0.15, 0.2) is 11.9 Å². The first-order chi connectivity index (χ1) is 16.4. The molecule has 3 heterocycles. The predicted octanol–water partition coefficient (Wildman–Crippen LogP) is 4.78. The van der Waals surface area contributed by atoms with E-state index in [0.717, 1.165) is 11.1 Å². The molecular formula is C27H23NO5S. The number of fused-ring (bicyclic) bond motifs is 1. The Hall–Kier alpha value is -3.58. The van der Waals surface area contributed by atoms with Crippen LogP contribution in [0.5, 0.6) is 0 Å². The van der Waals surface area contributed by atoms with Crippen LogP contribution in [0.2, 0.25) is 0 Å². The first-order valence-electron chi connectivity index (χ1n) is 11.0. The van der Waals surface area contributed by atoms with Gasteiger partial charge in [-0.05, 0) is 37.1 Å². The third-order valence-corrected chi connectivity index (χ3v) is 7.60. The topological polar surface area (TPSA) is 76.8 Å². The second kappa shape index (κ2) is 8.65. The van der Waals surface area contributed by atoms with Crippen LogP contribution in [-0.4, -0.2) is 38.7 Å². The molecule has 2 fully saturated rings. The highest BCUT2D eigenvalue weighted by molar-refractivity contribution is 8.01. The number of hydrogen-bond acceptors (Lipinski definition) is 6. The summed E-state index contributed by atoms with van der Waals surface area (Å²) in [7, 11) is 0. The molecule has 1 aromatic heterocycles. The van der Waals surface area contributed by atoms with E-state index in [1.54, 1.807) is 12.1 Å². The highest BCUT2D eigenvalue weighted by Crippen LogP contribution is 2.53. The molecule has 0 radical (unpaired) electrons. The number of amides is 1. The number of benzene rings is 2. The minimum Gasteiger partial charge on any atom is -0.461 e. The molecule has 3 aromatic rings. The number of hydrogen-bond donors (Lipinski definition) is 0. The molecule has 5 rings (SSSR count). The van der Waals surface area contributed by atoms with E-state index in [1.807, 2.05) is 74.5 Å². The van der Waals surface area contributed by atoms with Gasteiger partial charge in [-0.2, -0.15) is 0 Å². The molecule has 1 amide bonds. The maximum absolute atomic E-state index is 13.5. The summed E-state index contributed by atoms with van der Waals surface area (Å²) in [6.45, 7) is 3.84. The predicted molar refractivity (Wildman–Crippen MR) is 128 cm³/mol. The van der Waals surface area contributed by atoms with Gasteiger partial charge in [0.25, 0.3) is 5.91 Å². The molecule has 2 atom stereocenters. The van der Waals surface area contributed by atoms with E-state index < -0.39 is 22.9 Å². The number of ketones is 1. The maximum Gasteiger partial charge on any atom is 0.331 e. The Labute approximate surface area is 201 Å². The zero-order valence-corrected chi connectivity index (χ0v) is 19.5. The molecule has 0 unspecified atom stereocenters. The van der Waals surface area contributed by atoms with E-state index in [9.17, 15) is 14.4 Å². The molecule has 2 aliphatic heterocycles. The molecule has 0 aliphatic carbocycles. The molecule has 0 saturated carbocycles. The van der Waals surface area contributed by atoms with Gasteiger partial charge >= 0.3 is 5.97 Å². The average Bonchev–Trinajstić information content (AvgIpc) is 3.47. The molecule has 0 N–H and O–H groups in total. The van der Waals surface area contributed by atoms with Crippen LogP contribution in [-0.2, 0) is 14.3 Å². The van der Waals surface area contributed by atoms with Gasteiger partial charge in [-0.3, -0.25) is 9.59 Å². The third-order valence-electron chi connectivity index (χ3n) is 6.06. The summed E-state index contributed by atoms with van der Waals surface area (Å²) in [5, 5.41) is -0.383. The lowest BCUT2D eigenvalue weighted by atomic mass is 9.94. The van der Waals surface area contributed by atoms with Crippen LogP contribution in [0.25, 0.3) is 0 Å². The molecule has 2 aromatic carbocycles. The minimum absolute atomic E-state index is 0.172. The molecule has 2 aliphatic rings. The first-order valence-corrected chi connectivity index (χ1v) is 11.8. The number of carbonyl (C=O) groups is 3. The zero-order chi connectivity index (χ0) is 23.9. The summed E-state index contributed by atoms with van der Waals surface area (Å²) in [6, 6.07) is 21.5. The molecule has 2 saturated heterocycles. The van der Waals surface area contributed by atoms with Gasteiger partial charge in [0.05, 0.1) is 11.8 Å². The van der Waals surface area contributed by atoms with Gasteiger partial charge < -0.3 is 14.1 Å². The number of esters is 1. The van der Waals surface area contributed by atoms with Crippen molar-refractivity contribution in [2.45, 2.75) is 36.1 Å². The molecule has 7 heteroatoms. The summed E-state index contributed by atoms with van der Waals surface area (Å²) in [4.78, 5) is 40.5. The zero-order valence-electron chi connectivity index (χ0n) is 18.7. The number of ether oxygens (including phenoxy) is 1. The highest BCUT2D eigenvalue weighted by atomic mass is 32.2. The maximum atomic E-state index is 13.5. The number of nitrogens with zero attached hydrogens (tertiary/aromatic N) is 1. The van der Waals surface area contributed by atoms with Gasteiger partial charge in [0, 0.05) is 10.8 Å². The molecule has 172 valence electrons. The van der Waals surface area contributed by atoms with E-state index in [2.05, 4.69) is 0 Å². The van der Waals surface area contributed by atoms with Crippen LogP contribution in [0.1, 0.15) is 41.6 Å². The number of furan rings is 1. The summed E-state index contributed by atoms with van der Waals surface area (Å²) in [5.41, 5.74) is 2.07. The van der Waals surface area contributed by atoms with Crippen LogP contribution >= 0.6 is 11.8 Å². The van der Waals surface area contributed by atoms with Crippen molar-refractivity contribution in [3.63, 3.8) is 0 Å². The lowest BCUT2D eigenvalue weighted by Crippen LogP contribution is -2.59. The average molecular weight is 474 g/mol. The lowest BCUT2D eigenvalue weighted by Gasteiger charge is -2.39. The van der Waals surface area contributed by atoms with E-state index in [4.69, 9.17) is 9.15 Å². The Morgan fingerprint density at radius 1 is 1.00 bits per heavy atom. The highest BCUT2D eigenvalue weighted by Gasteiger charge is 2.62. The number of rotatable bonds is 6. The molecule has 0 bridgehead atoms. The van der Waals surface area contributed by atoms with Crippen molar-refractivity contribution >= 4 is 29.4 Å². The Bertz CT molecular complexity index is 1210. The summed E-state index contributed by atoms with van der Waals surface area (Å²) in [6.07, 6.45) is 2.13. The SMILES string of the molecule is CC1(C)S[C@@H]2/C(=C\C(=O)c3ccco3)C(=O)N2[C@H]1C(=O)OC(c1ccccc1)c1ccccc1. The largest absolute Gasteiger partial charge is 0.461 e. The van der Waals surface area contributed by atoms with E-state index in [1.165, 1.54) is 29.0 Å². The molecular weight excluding hydrogens is 450 g/mol.